The first-order chi connectivity index (χ1) is 7.44. The van der Waals surface area contributed by atoms with Crippen molar-refractivity contribution in [3.63, 3.8) is 0 Å². The summed E-state index contributed by atoms with van der Waals surface area (Å²) < 4.78 is 11.6. The molecule has 0 saturated carbocycles. The average Bonchev–Trinajstić information content (AvgIpc) is 2.18. The van der Waals surface area contributed by atoms with E-state index in [2.05, 4.69) is 15.9 Å². The summed E-state index contributed by atoms with van der Waals surface area (Å²) in [6, 6.07) is 5.61. The van der Waals surface area contributed by atoms with Crippen LogP contribution in [0.2, 0.25) is 0 Å². The highest BCUT2D eigenvalue weighted by atomic mass is 79.9. The van der Waals surface area contributed by atoms with Gasteiger partial charge in [-0.05, 0) is 41.9 Å². The molecule has 90 valence electrons. The van der Waals surface area contributed by atoms with E-state index < -0.39 is 5.60 Å². The van der Waals surface area contributed by atoms with Crippen LogP contribution in [0.5, 0.6) is 11.5 Å². The van der Waals surface area contributed by atoms with E-state index in [0.29, 0.717) is 24.5 Å². The lowest BCUT2D eigenvalue weighted by molar-refractivity contribution is 0.0548. The molecule has 1 rings (SSSR count). The number of methoxy groups -OCH3 is 1. The highest BCUT2D eigenvalue weighted by Gasteiger charge is 2.14. The molecule has 0 aromatic heterocycles. The quantitative estimate of drug-likeness (QED) is 0.905. The predicted octanol–water partition coefficient (Wildman–Crippen LogP) is 3.00. The number of benzene rings is 1. The molecule has 0 spiro atoms. The van der Waals surface area contributed by atoms with Gasteiger partial charge < -0.3 is 14.6 Å². The second-order valence-corrected chi connectivity index (χ2v) is 5.04. The summed E-state index contributed by atoms with van der Waals surface area (Å²) in [5.41, 5.74) is -0.714. The number of rotatable bonds is 5. The lowest BCUT2D eigenvalue weighted by Crippen LogP contribution is -2.21. The molecular formula is C12H17BrO3. The smallest absolute Gasteiger partial charge is 0.175 e. The number of hydrogen-bond acceptors (Lipinski definition) is 3. The van der Waals surface area contributed by atoms with E-state index in [-0.39, 0.29) is 0 Å². The molecule has 1 N–H and O–H groups in total. The van der Waals surface area contributed by atoms with E-state index >= 15 is 0 Å². The summed E-state index contributed by atoms with van der Waals surface area (Å²) in [5, 5.41) is 9.57. The first kappa shape index (κ1) is 13.3. The molecule has 16 heavy (non-hydrogen) atoms. The fraction of sp³-hybridized carbons (Fsp3) is 0.500. The molecule has 0 amide bonds. The third-order valence-corrected chi connectivity index (χ3v) is 2.74. The fourth-order valence-electron chi connectivity index (χ4n) is 1.19. The summed E-state index contributed by atoms with van der Waals surface area (Å²) >= 11 is 3.40. The minimum absolute atomic E-state index is 0.447. The van der Waals surface area contributed by atoms with E-state index in [1.165, 1.54) is 0 Å². The molecule has 4 heteroatoms. The van der Waals surface area contributed by atoms with Gasteiger partial charge in [0.25, 0.3) is 0 Å². The first-order valence-corrected chi connectivity index (χ1v) is 5.91. The Labute approximate surface area is 105 Å². The monoisotopic (exact) mass is 288 g/mol. The Morgan fingerprint density at radius 2 is 2.06 bits per heavy atom. The molecule has 0 unspecified atom stereocenters. The molecule has 0 saturated heterocycles. The third-order valence-electron chi connectivity index (χ3n) is 2.11. The Balaban J connectivity index is 2.66. The minimum Gasteiger partial charge on any atom is -0.493 e. The second kappa shape index (κ2) is 5.55. The average molecular weight is 289 g/mol. The van der Waals surface area contributed by atoms with Crippen LogP contribution in [0.3, 0.4) is 0 Å². The van der Waals surface area contributed by atoms with Gasteiger partial charge in [-0.25, -0.2) is 0 Å². The number of ether oxygens (including phenoxy) is 2. The van der Waals surface area contributed by atoms with Crippen LogP contribution in [-0.2, 0) is 0 Å². The molecule has 0 atom stereocenters. The molecule has 1 aromatic rings. The molecule has 1 aromatic carbocycles. The van der Waals surface area contributed by atoms with Crippen LogP contribution in [-0.4, -0.2) is 24.4 Å². The third kappa shape index (κ3) is 4.02. The normalized spacial score (nSPS) is 11.3. The van der Waals surface area contributed by atoms with Crippen molar-refractivity contribution in [1.29, 1.82) is 0 Å². The maximum atomic E-state index is 9.57. The molecular weight excluding hydrogens is 272 g/mol. The molecule has 0 heterocycles. The molecule has 0 bridgehead atoms. The van der Waals surface area contributed by atoms with Crippen molar-refractivity contribution < 1.29 is 14.6 Å². The largest absolute Gasteiger partial charge is 0.493 e. The molecule has 3 nitrogen and oxygen atoms in total. The van der Waals surface area contributed by atoms with Gasteiger partial charge in [-0.1, -0.05) is 6.07 Å². The van der Waals surface area contributed by atoms with Crippen LogP contribution in [0.25, 0.3) is 0 Å². The molecule has 0 aliphatic carbocycles. The molecule has 0 aliphatic rings. The zero-order chi connectivity index (χ0) is 12.2. The Hall–Kier alpha value is -0.740. The van der Waals surface area contributed by atoms with E-state index in [1.54, 1.807) is 21.0 Å². The number of hydrogen-bond donors (Lipinski definition) is 1. The van der Waals surface area contributed by atoms with E-state index in [9.17, 15) is 5.11 Å². The van der Waals surface area contributed by atoms with E-state index in [0.717, 1.165) is 4.47 Å². The SMILES string of the molecule is COc1cccc(Br)c1OCCC(C)(C)O. The molecule has 0 fully saturated rings. The van der Waals surface area contributed by atoms with Crippen molar-refractivity contribution in [2.75, 3.05) is 13.7 Å². The van der Waals surface area contributed by atoms with Crippen molar-refractivity contribution in [3.8, 4) is 11.5 Å². The van der Waals surface area contributed by atoms with Crippen LogP contribution >= 0.6 is 15.9 Å². The topological polar surface area (TPSA) is 38.7 Å². The zero-order valence-corrected chi connectivity index (χ0v) is 11.4. The molecule has 0 aliphatic heterocycles. The van der Waals surface area contributed by atoms with Crippen molar-refractivity contribution in [1.82, 2.24) is 0 Å². The Kier molecular flexibility index (Phi) is 4.62. The van der Waals surface area contributed by atoms with Crippen LogP contribution in [0.1, 0.15) is 20.3 Å². The van der Waals surface area contributed by atoms with Crippen LogP contribution in [0.4, 0.5) is 0 Å². The standard InChI is InChI=1S/C12H17BrO3/c1-12(2,14)7-8-16-11-9(13)5-4-6-10(11)15-3/h4-6,14H,7-8H2,1-3H3. The zero-order valence-electron chi connectivity index (χ0n) is 9.79. The summed E-state index contributed by atoms with van der Waals surface area (Å²) in [5.74, 6) is 1.36. The fourth-order valence-corrected chi connectivity index (χ4v) is 1.66. The summed E-state index contributed by atoms with van der Waals surface area (Å²) in [6.07, 6.45) is 0.567. The second-order valence-electron chi connectivity index (χ2n) is 4.18. The lowest BCUT2D eigenvalue weighted by atomic mass is 10.1. The highest BCUT2D eigenvalue weighted by molar-refractivity contribution is 9.10. The minimum atomic E-state index is -0.714. The van der Waals surface area contributed by atoms with Gasteiger partial charge in [-0.3, -0.25) is 0 Å². The van der Waals surface area contributed by atoms with Crippen molar-refractivity contribution in [2.24, 2.45) is 0 Å². The lowest BCUT2D eigenvalue weighted by Gasteiger charge is -2.18. The van der Waals surface area contributed by atoms with Gasteiger partial charge >= 0.3 is 0 Å². The number of para-hydroxylation sites is 1. The van der Waals surface area contributed by atoms with Crippen molar-refractivity contribution in [2.45, 2.75) is 25.9 Å². The van der Waals surface area contributed by atoms with Crippen molar-refractivity contribution >= 4 is 15.9 Å². The van der Waals surface area contributed by atoms with Gasteiger partial charge in [0, 0.05) is 6.42 Å². The van der Waals surface area contributed by atoms with Gasteiger partial charge in [-0.15, -0.1) is 0 Å². The summed E-state index contributed by atoms with van der Waals surface area (Å²) in [7, 11) is 1.60. The Bertz CT molecular complexity index is 345. The van der Waals surface area contributed by atoms with Gasteiger partial charge in [0.15, 0.2) is 11.5 Å². The first-order valence-electron chi connectivity index (χ1n) is 5.12. The number of aliphatic hydroxyl groups is 1. The maximum absolute atomic E-state index is 9.57. The van der Waals surface area contributed by atoms with Crippen LogP contribution in [0, 0.1) is 0 Å². The van der Waals surface area contributed by atoms with Crippen molar-refractivity contribution in [3.05, 3.63) is 22.7 Å². The van der Waals surface area contributed by atoms with Crippen LogP contribution < -0.4 is 9.47 Å². The van der Waals surface area contributed by atoms with Gasteiger partial charge in [0.05, 0.1) is 23.8 Å². The summed E-state index contributed by atoms with van der Waals surface area (Å²) in [6.45, 7) is 3.96. The van der Waals surface area contributed by atoms with Gasteiger partial charge in [0.1, 0.15) is 0 Å². The van der Waals surface area contributed by atoms with E-state index in [4.69, 9.17) is 9.47 Å². The van der Waals surface area contributed by atoms with E-state index in [1.807, 2.05) is 18.2 Å². The number of halogens is 1. The highest BCUT2D eigenvalue weighted by Crippen LogP contribution is 2.35. The van der Waals surface area contributed by atoms with Crippen LogP contribution in [0.15, 0.2) is 22.7 Å². The summed E-state index contributed by atoms with van der Waals surface area (Å²) in [4.78, 5) is 0. The van der Waals surface area contributed by atoms with Gasteiger partial charge in [0.2, 0.25) is 0 Å². The molecule has 0 radical (unpaired) electrons. The van der Waals surface area contributed by atoms with Gasteiger partial charge in [-0.2, -0.15) is 0 Å². The predicted molar refractivity (Wildman–Crippen MR) is 67.1 cm³/mol. The maximum Gasteiger partial charge on any atom is 0.175 e. The Morgan fingerprint density at radius 1 is 1.38 bits per heavy atom. The Morgan fingerprint density at radius 3 is 2.62 bits per heavy atom.